The number of aryl methyl sites for hydroxylation is 2. The van der Waals surface area contributed by atoms with Crippen LogP contribution in [0.25, 0.3) is 10.9 Å². The van der Waals surface area contributed by atoms with Crippen LogP contribution in [0.15, 0.2) is 18.2 Å². The first-order valence-corrected chi connectivity index (χ1v) is 5.85. The van der Waals surface area contributed by atoms with Gasteiger partial charge in [-0.1, -0.05) is 31.0 Å². The van der Waals surface area contributed by atoms with E-state index in [0.717, 1.165) is 39.9 Å². The molecule has 1 aromatic heterocycles. The molecule has 17 heavy (non-hydrogen) atoms. The summed E-state index contributed by atoms with van der Waals surface area (Å²) in [4.78, 5) is 4.45. The zero-order valence-corrected chi connectivity index (χ0v) is 11.5. The molecule has 1 aromatic carbocycles. The van der Waals surface area contributed by atoms with Crippen molar-refractivity contribution in [3.05, 3.63) is 34.3 Å². The van der Waals surface area contributed by atoms with Crippen molar-refractivity contribution >= 4 is 40.7 Å². The van der Waals surface area contributed by atoms with Gasteiger partial charge in [-0.25, -0.2) is 4.98 Å². The van der Waals surface area contributed by atoms with Crippen molar-refractivity contribution < 1.29 is 0 Å². The number of benzene rings is 1. The van der Waals surface area contributed by atoms with Crippen molar-refractivity contribution in [2.45, 2.75) is 26.7 Å². The summed E-state index contributed by atoms with van der Waals surface area (Å²) in [6.07, 6.45) is 2.04. The Labute approximate surface area is 113 Å². The standard InChI is InChI=1S/C13H15ClN2.ClH/c1-3-4-10-7-9-5-6-11(14)8(2)12(9)16-13(10)15;/h5-7H,3-4H2,1-2H3,(H2,15,16);1H. The van der Waals surface area contributed by atoms with Gasteiger partial charge >= 0.3 is 0 Å². The second-order valence-corrected chi connectivity index (χ2v) is 4.43. The zero-order valence-electron chi connectivity index (χ0n) is 9.96. The molecular formula is C13H16Cl2N2. The van der Waals surface area contributed by atoms with Gasteiger partial charge < -0.3 is 5.73 Å². The lowest BCUT2D eigenvalue weighted by molar-refractivity contribution is 0.921. The lowest BCUT2D eigenvalue weighted by Crippen LogP contribution is -1.99. The quantitative estimate of drug-likeness (QED) is 0.891. The molecule has 0 bridgehead atoms. The number of pyridine rings is 1. The molecule has 2 N–H and O–H groups in total. The molecule has 2 rings (SSSR count). The van der Waals surface area contributed by atoms with Gasteiger partial charge in [0.2, 0.25) is 0 Å². The topological polar surface area (TPSA) is 38.9 Å². The van der Waals surface area contributed by atoms with E-state index in [1.54, 1.807) is 0 Å². The summed E-state index contributed by atoms with van der Waals surface area (Å²) < 4.78 is 0. The Morgan fingerprint density at radius 1 is 1.35 bits per heavy atom. The van der Waals surface area contributed by atoms with Crippen molar-refractivity contribution in [3.63, 3.8) is 0 Å². The van der Waals surface area contributed by atoms with Crippen LogP contribution in [0.3, 0.4) is 0 Å². The minimum absolute atomic E-state index is 0. The van der Waals surface area contributed by atoms with Gasteiger partial charge in [-0.05, 0) is 36.6 Å². The number of hydrogen-bond acceptors (Lipinski definition) is 2. The predicted molar refractivity (Wildman–Crippen MR) is 77.1 cm³/mol. The minimum atomic E-state index is 0. The smallest absolute Gasteiger partial charge is 0.127 e. The van der Waals surface area contributed by atoms with Gasteiger partial charge in [0.15, 0.2) is 0 Å². The Balaban J connectivity index is 0.00000144. The molecule has 0 amide bonds. The lowest BCUT2D eigenvalue weighted by Gasteiger charge is -2.08. The third kappa shape index (κ3) is 2.64. The molecule has 0 aliphatic heterocycles. The third-order valence-electron chi connectivity index (χ3n) is 2.81. The summed E-state index contributed by atoms with van der Waals surface area (Å²) >= 11 is 6.06. The Hall–Kier alpha value is -0.990. The third-order valence-corrected chi connectivity index (χ3v) is 3.22. The van der Waals surface area contributed by atoms with Crippen LogP contribution >= 0.6 is 24.0 Å². The normalized spacial score (nSPS) is 10.3. The Bertz CT molecular complexity index is 538. The van der Waals surface area contributed by atoms with Crippen molar-refractivity contribution in [2.24, 2.45) is 0 Å². The summed E-state index contributed by atoms with van der Waals surface area (Å²) in [7, 11) is 0. The summed E-state index contributed by atoms with van der Waals surface area (Å²) in [5.41, 5.74) is 8.96. The summed E-state index contributed by atoms with van der Waals surface area (Å²) in [5, 5.41) is 1.85. The van der Waals surface area contributed by atoms with Crippen LogP contribution in [-0.4, -0.2) is 4.98 Å². The number of aromatic nitrogens is 1. The molecule has 0 aliphatic carbocycles. The number of halogens is 2. The molecule has 2 nitrogen and oxygen atoms in total. The van der Waals surface area contributed by atoms with E-state index in [0.29, 0.717) is 5.82 Å². The van der Waals surface area contributed by atoms with E-state index >= 15 is 0 Å². The van der Waals surface area contributed by atoms with E-state index in [1.165, 1.54) is 0 Å². The summed E-state index contributed by atoms with van der Waals surface area (Å²) in [5.74, 6) is 0.625. The van der Waals surface area contributed by atoms with Gasteiger partial charge in [0, 0.05) is 10.4 Å². The molecular weight excluding hydrogens is 255 g/mol. The fourth-order valence-electron chi connectivity index (χ4n) is 1.88. The van der Waals surface area contributed by atoms with E-state index in [9.17, 15) is 0 Å². The van der Waals surface area contributed by atoms with Crippen LogP contribution in [0.1, 0.15) is 24.5 Å². The summed E-state index contributed by atoms with van der Waals surface area (Å²) in [6.45, 7) is 4.10. The zero-order chi connectivity index (χ0) is 11.7. The average Bonchev–Trinajstić information content (AvgIpc) is 2.26. The fourth-order valence-corrected chi connectivity index (χ4v) is 2.04. The molecule has 0 aliphatic rings. The van der Waals surface area contributed by atoms with Gasteiger partial charge in [0.1, 0.15) is 5.82 Å². The Kier molecular flexibility index (Phi) is 4.61. The highest BCUT2D eigenvalue weighted by atomic mass is 35.5. The molecule has 2 aromatic rings. The van der Waals surface area contributed by atoms with E-state index < -0.39 is 0 Å². The minimum Gasteiger partial charge on any atom is -0.383 e. The van der Waals surface area contributed by atoms with Gasteiger partial charge in [-0.2, -0.15) is 0 Å². The number of rotatable bonds is 2. The Morgan fingerprint density at radius 2 is 2.06 bits per heavy atom. The number of fused-ring (bicyclic) bond motifs is 1. The first-order chi connectivity index (χ1) is 7.63. The molecule has 0 fully saturated rings. The molecule has 1 heterocycles. The Morgan fingerprint density at radius 3 is 2.71 bits per heavy atom. The van der Waals surface area contributed by atoms with Gasteiger partial charge in [0.25, 0.3) is 0 Å². The van der Waals surface area contributed by atoms with E-state index in [-0.39, 0.29) is 12.4 Å². The molecule has 4 heteroatoms. The highest BCUT2D eigenvalue weighted by Gasteiger charge is 2.07. The number of nitrogen functional groups attached to an aromatic ring is 1. The van der Waals surface area contributed by atoms with Crippen molar-refractivity contribution in [2.75, 3.05) is 5.73 Å². The average molecular weight is 271 g/mol. The number of hydrogen-bond donors (Lipinski definition) is 1. The first-order valence-electron chi connectivity index (χ1n) is 5.47. The first kappa shape index (κ1) is 14.1. The van der Waals surface area contributed by atoms with Crippen LogP contribution in [0, 0.1) is 6.92 Å². The van der Waals surface area contributed by atoms with Crippen molar-refractivity contribution in [1.82, 2.24) is 4.98 Å². The van der Waals surface area contributed by atoms with Crippen molar-refractivity contribution in [3.8, 4) is 0 Å². The molecule has 0 atom stereocenters. The predicted octanol–water partition coefficient (Wildman–Crippen LogP) is 4.15. The highest BCUT2D eigenvalue weighted by molar-refractivity contribution is 6.32. The maximum atomic E-state index is 6.06. The maximum absolute atomic E-state index is 6.06. The molecule has 92 valence electrons. The molecule has 0 saturated heterocycles. The summed E-state index contributed by atoms with van der Waals surface area (Å²) in [6, 6.07) is 6.02. The number of nitrogens with zero attached hydrogens (tertiary/aromatic N) is 1. The number of anilines is 1. The molecule has 0 radical (unpaired) electrons. The molecule has 0 saturated carbocycles. The van der Waals surface area contributed by atoms with Gasteiger partial charge in [-0.15, -0.1) is 12.4 Å². The van der Waals surface area contributed by atoms with E-state index in [2.05, 4.69) is 18.0 Å². The van der Waals surface area contributed by atoms with Crippen LogP contribution in [-0.2, 0) is 6.42 Å². The largest absolute Gasteiger partial charge is 0.383 e. The van der Waals surface area contributed by atoms with E-state index in [1.807, 2.05) is 19.1 Å². The van der Waals surface area contributed by atoms with Gasteiger partial charge in [0.05, 0.1) is 5.52 Å². The maximum Gasteiger partial charge on any atom is 0.127 e. The molecule has 0 spiro atoms. The second kappa shape index (κ2) is 5.56. The fraction of sp³-hybridized carbons (Fsp3) is 0.308. The monoisotopic (exact) mass is 270 g/mol. The van der Waals surface area contributed by atoms with Crippen LogP contribution in [0.2, 0.25) is 5.02 Å². The van der Waals surface area contributed by atoms with Crippen LogP contribution in [0.5, 0.6) is 0 Å². The SMILES string of the molecule is CCCc1cc2ccc(Cl)c(C)c2nc1N.Cl. The van der Waals surface area contributed by atoms with Crippen molar-refractivity contribution in [1.29, 1.82) is 0 Å². The molecule has 0 unspecified atom stereocenters. The van der Waals surface area contributed by atoms with Gasteiger partial charge in [-0.3, -0.25) is 0 Å². The lowest BCUT2D eigenvalue weighted by atomic mass is 10.1. The highest BCUT2D eigenvalue weighted by Crippen LogP contribution is 2.26. The number of nitrogens with two attached hydrogens (primary N) is 1. The van der Waals surface area contributed by atoms with E-state index in [4.69, 9.17) is 17.3 Å². The van der Waals surface area contributed by atoms with Crippen LogP contribution < -0.4 is 5.73 Å². The second-order valence-electron chi connectivity index (χ2n) is 4.03. The van der Waals surface area contributed by atoms with Crippen LogP contribution in [0.4, 0.5) is 5.82 Å².